The van der Waals surface area contributed by atoms with Gasteiger partial charge in [-0.2, -0.15) is 11.8 Å². The van der Waals surface area contributed by atoms with E-state index in [1.807, 2.05) is 12.3 Å². The first-order valence-corrected chi connectivity index (χ1v) is 8.28. The van der Waals surface area contributed by atoms with Crippen LogP contribution < -0.4 is 10.6 Å². The topological polar surface area (TPSA) is 40.2 Å². The van der Waals surface area contributed by atoms with Gasteiger partial charge >= 0.3 is 0 Å². The molecule has 0 aliphatic carbocycles. The Hall–Kier alpha value is -0.940. The minimum atomic E-state index is 0.959. The predicted octanol–water partition coefficient (Wildman–Crippen LogP) is 2.36. The Morgan fingerprint density at radius 3 is 2.89 bits per heavy atom. The highest BCUT2D eigenvalue weighted by Gasteiger charge is 2.09. The number of thioether (sulfide) groups is 1. The van der Waals surface area contributed by atoms with Gasteiger partial charge in [0.2, 0.25) is 0 Å². The molecule has 1 fully saturated rings. The molecule has 0 saturated carbocycles. The third-order valence-electron chi connectivity index (χ3n) is 3.18. The zero-order valence-electron chi connectivity index (χ0n) is 11.7. The summed E-state index contributed by atoms with van der Waals surface area (Å²) in [5.74, 6) is 3.52. The van der Waals surface area contributed by atoms with Gasteiger partial charge in [0.05, 0.1) is 0 Å². The lowest BCUT2D eigenvalue weighted by Gasteiger charge is -2.26. The number of hydrogen-bond donors (Lipinski definition) is 2. The molecule has 5 heteroatoms. The van der Waals surface area contributed by atoms with Crippen LogP contribution in [0.4, 0.5) is 11.5 Å². The number of hydrogen-bond acceptors (Lipinski definition) is 5. The minimum absolute atomic E-state index is 0.959. The third-order valence-corrected chi connectivity index (χ3v) is 4.12. The molecule has 0 aromatic carbocycles. The molecule has 1 aliphatic heterocycles. The molecule has 19 heavy (non-hydrogen) atoms. The zero-order valence-corrected chi connectivity index (χ0v) is 12.5. The Labute approximate surface area is 120 Å². The van der Waals surface area contributed by atoms with E-state index in [1.165, 1.54) is 24.6 Å². The molecule has 4 nitrogen and oxygen atoms in total. The number of nitrogens with zero attached hydrogens (tertiary/aromatic N) is 2. The van der Waals surface area contributed by atoms with E-state index in [2.05, 4.69) is 45.3 Å². The maximum Gasteiger partial charge on any atom is 0.127 e. The summed E-state index contributed by atoms with van der Waals surface area (Å²) in [6.45, 7) is 7.72. The monoisotopic (exact) mass is 280 g/mol. The van der Waals surface area contributed by atoms with Gasteiger partial charge in [-0.05, 0) is 12.5 Å². The number of rotatable bonds is 7. The fraction of sp³-hybridized carbons (Fsp3) is 0.643. The van der Waals surface area contributed by atoms with Crippen LogP contribution in [0.1, 0.15) is 13.3 Å². The standard InChI is InChI=1S/C14H24N4S/c1-2-4-16-14-12-13(3-5-17-14)15-6-7-18-8-10-19-11-9-18/h3,5,12H,2,4,6-11H2,1H3,(H2,15,16,17). The summed E-state index contributed by atoms with van der Waals surface area (Å²) in [7, 11) is 0. The number of aromatic nitrogens is 1. The summed E-state index contributed by atoms with van der Waals surface area (Å²) < 4.78 is 0. The van der Waals surface area contributed by atoms with E-state index >= 15 is 0 Å². The molecule has 0 amide bonds. The molecule has 0 radical (unpaired) electrons. The van der Waals surface area contributed by atoms with Crippen molar-refractivity contribution in [3.05, 3.63) is 18.3 Å². The Bertz CT molecular complexity index is 366. The Morgan fingerprint density at radius 1 is 1.26 bits per heavy atom. The second kappa shape index (κ2) is 8.27. The lowest BCUT2D eigenvalue weighted by molar-refractivity contribution is 0.314. The first kappa shape index (κ1) is 14.5. The molecule has 1 aliphatic rings. The Kier molecular flexibility index (Phi) is 6.30. The van der Waals surface area contributed by atoms with Crippen molar-refractivity contribution in [3.63, 3.8) is 0 Å². The molecule has 0 unspecified atom stereocenters. The van der Waals surface area contributed by atoms with Crippen molar-refractivity contribution in [1.29, 1.82) is 0 Å². The van der Waals surface area contributed by atoms with Crippen molar-refractivity contribution in [2.45, 2.75) is 13.3 Å². The quantitative estimate of drug-likeness (QED) is 0.802. The normalized spacial score (nSPS) is 16.3. The van der Waals surface area contributed by atoms with Crippen LogP contribution >= 0.6 is 11.8 Å². The van der Waals surface area contributed by atoms with Crippen molar-refractivity contribution >= 4 is 23.3 Å². The zero-order chi connectivity index (χ0) is 13.3. The molecule has 2 N–H and O–H groups in total. The summed E-state index contributed by atoms with van der Waals surface area (Å²) in [6.07, 6.45) is 2.98. The SMILES string of the molecule is CCCNc1cc(NCCN2CCSCC2)ccn1. The molecule has 1 saturated heterocycles. The van der Waals surface area contributed by atoms with E-state index in [0.717, 1.165) is 37.6 Å². The van der Waals surface area contributed by atoms with Crippen molar-refractivity contribution in [2.75, 3.05) is 54.9 Å². The first-order valence-electron chi connectivity index (χ1n) is 7.12. The van der Waals surface area contributed by atoms with Crippen LogP contribution in [0.3, 0.4) is 0 Å². The van der Waals surface area contributed by atoms with Gasteiger partial charge in [0, 0.05) is 62.2 Å². The maximum absolute atomic E-state index is 4.31. The van der Waals surface area contributed by atoms with E-state index in [9.17, 15) is 0 Å². The van der Waals surface area contributed by atoms with E-state index in [0.29, 0.717) is 0 Å². The van der Waals surface area contributed by atoms with Crippen molar-refractivity contribution in [2.24, 2.45) is 0 Å². The fourth-order valence-electron chi connectivity index (χ4n) is 2.07. The fourth-order valence-corrected chi connectivity index (χ4v) is 3.05. The molecule has 2 heterocycles. The highest BCUT2D eigenvalue weighted by atomic mass is 32.2. The van der Waals surface area contributed by atoms with E-state index in [1.54, 1.807) is 0 Å². The molecular weight excluding hydrogens is 256 g/mol. The lowest BCUT2D eigenvalue weighted by atomic mass is 10.3. The van der Waals surface area contributed by atoms with Crippen LogP contribution in [0, 0.1) is 0 Å². The second-order valence-electron chi connectivity index (χ2n) is 4.74. The smallest absolute Gasteiger partial charge is 0.127 e. The van der Waals surface area contributed by atoms with Crippen LogP contribution in [-0.2, 0) is 0 Å². The second-order valence-corrected chi connectivity index (χ2v) is 5.96. The van der Waals surface area contributed by atoms with Gasteiger partial charge in [-0.1, -0.05) is 6.92 Å². The maximum atomic E-state index is 4.31. The molecule has 1 aromatic rings. The predicted molar refractivity (Wildman–Crippen MR) is 85.3 cm³/mol. The van der Waals surface area contributed by atoms with Gasteiger partial charge in [-0.3, -0.25) is 4.90 Å². The Morgan fingerprint density at radius 2 is 2.11 bits per heavy atom. The molecular formula is C14H24N4S. The van der Waals surface area contributed by atoms with Gasteiger partial charge in [0.15, 0.2) is 0 Å². The van der Waals surface area contributed by atoms with Crippen molar-refractivity contribution in [3.8, 4) is 0 Å². The molecule has 1 aromatic heterocycles. The number of pyridine rings is 1. The van der Waals surface area contributed by atoms with Gasteiger partial charge < -0.3 is 10.6 Å². The van der Waals surface area contributed by atoms with E-state index in [-0.39, 0.29) is 0 Å². The van der Waals surface area contributed by atoms with Crippen molar-refractivity contribution in [1.82, 2.24) is 9.88 Å². The van der Waals surface area contributed by atoms with Crippen LogP contribution in [0.25, 0.3) is 0 Å². The van der Waals surface area contributed by atoms with Gasteiger partial charge in [0.25, 0.3) is 0 Å². The molecule has 0 bridgehead atoms. The summed E-state index contributed by atoms with van der Waals surface area (Å²) in [5.41, 5.74) is 1.15. The van der Waals surface area contributed by atoms with Crippen LogP contribution in [-0.4, -0.2) is 54.1 Å². The molecule has 106 valence electrons. The number of nitrogens with one attached hydrogen (secondary N) is 2. The number of anilines is 2. The molecule has 0 spiro atoms. The summed E-state index contributed by atoms with van der Waals surface area (Å²) in [6, 6.07) is 4.12. The lowest BCUT2D eigenvalue weighted by Crippen LogP contribution is -2.36. The summed E-state index contributed by atoms with van der Waals surface area (Å²) >= 11 is 2.06. The minimum Gasteiger partial charge on any atom is -0.384 e. The average Bonchev–Trinajstić information content (AvgIpc) is 2.47. The molecule has 0 atom stereocenters. The van der Waals surface area contributed by atoms with Gasteiger partial charge in [-0.25, -0.2) is 4.98 Å². The third kappa shape index (κ3) is 5.28. The summed E-state index contributed by atoms with van der Waals surface area (Å²) in [5, 5.41) is 6.79. The average molecular weight is 280 g/mol. The van der Waals surface area contributed by atoms with Crippen LogP contribution in [0.5, 0.6) is 0 Å². The highest BCUT2D eigenvalue weighted by molar-refractivity contribution is 7.99. The molecule has 2 rings (SSSR count). The van der Waals surface area contributed by atoms with Crippen LogP contribution in [0.2, 0.25) is 0 Å². The summed E-state index contributed by atoms with van der Waals surface area (Å²) in [4.78, 5) is 6.84. The van der Waals surface area contributed by atoms with E-state index in [4.69, 9.17) is 0 Å². The van der Waals surface area contributed by atoms with Crippen LogP contribution in [0.15, 0.2) is 18.3 Å². The largest absolute Gasteiger partial charge is 0.384 e. The highest BCUT2D eigenvalue weighted by Crippen LogP contribution is 2.12. The Balaban J connectivity index is 1.72. The first-order chi connectivity index (χ1) is 9.38. The van der Waals surface area contributed by atoms with E-state index < -0.39 is 0 Å². The van der Waals surface area contributed by atoms with Gasteiger partial charge in [0.1, 0.15) is 5.82 Å². The van der Waals surface area contributed by atoms with Crippen molar-refractivity contribution < 1.29 is 0 Å². The van der Waals surface area contributed by atoms with Gasteiger partial charge in [-0.15, -0.1) is 0 Å².